The van der Waals surface area contributed by atoms with Gasteiger partial charge in [-0.25, -0.2) is 19.1 Å². The number of anilines is 1. The molecule has 1 atom stereocenters. The number of benzene rings is 1. The van der Waals surface area contributed by atoms with E-state index < -0.39 is 11.7 Å². The van der Waals surface area contributed by atoms with E-state index in [0.29, 0.717) is 24.7 Å². The number of aryl methyl sites for hydroxylation is 1. The molecule has 1 amide bonds. The summed E-state index contributed by atoms with van der Waals surface area (Å²) in [6.45, 7) is 10.5. The molecule has 11 heteroatoms. The van der Waals surface area contributed by atoms with Crippen LogP contribution in [0.1, 0.15) is 51.9 Å². The summed E-state index contributed by atoms with van der Waals surface area (Å²) >= 11 is 0. The zero-order valence-electron chi connectivity index (χ0n) is 25.0. The predicted molar refractivity (Wildman–Crippen MR) is 163 cm³/mol. The van der Waals surface area contributed by atoms with Crippen LogP contribution in [0.5, 0.6) is 0 Å². The summed E-state index contributed by atoms with van der Waals surface area (Å²) in [6.07, 6.45) is 1.09. The Kier molecular flexibility index (Phi) is 7.82. The monoisotopic (exact) mass is 571 g/mol. The van der Waals surface area contributed by atoms with E-state index in [1.54, 1.807) is 18.5 Å². The molecule has 4 heterocycles. The molecule has 1 fully saturated rings. The normalized spacial score (nSPS) is 15.5. The van der Waals surface area contributed by atoms with Gasteiger partial charge in [-0.1, -0.05) is 30.2 Å². The minimum absolute atomic E-state index is 0.0935. The Morgan fingerprint density at radius 1 is 1.17 bits per heavy atom. The summed E-state index contributed by atoms with van der Waals surface area (Å²) in [6, 6.07) is 9.69. The number of amides is 1. The maximum absolute atomic E-state index is 14.1. The van der Waals surface area contributed by atoms with Gasteiger partial charge in [0.05, 0.1) is 18.8 Å². The zero-order valence-corrected chi connectivity index (χ0v) is 25.0. The maximum atomic E-state index is 14.1. The first-order valence-electron chi connectivity index (χ1n) is 14.2. The van der Waals surface area contributed by atoms with Gasteiger partial charge in [-0.15, -0.1) is 5.92 Å². The second-order valence-corrected chi connectivity index (χ2v) is 11.7. The molecule has 0 bridgehead atoms. The minimum atomic E-state index is -0.606. The summed E-state index contributed by atoms with van der Waals surface area (Å²) < 4.78 is 9.91. The van der Waals surface area contributed by atoms with Crippen molar-refractivity contribution in [2.45, 2.75) is 72.2 Å². The standard InChI is InChI=1S/C31H37N7O4/c1-7-8-16-37-26-25(34-29(37)36-15-11-13-22(18-36)33-30(41)42-31(3,4)5)27(39)35(6)38(28(26)40)19-24-23-14-10-9-12-21(23)17-20(2)32-24/h9-10,12,14,17,22H,11,13,15-16,18-19H2,1-6H3,(H,33,41). The Labute approximate surface area is 244 Å². The lowest BCUT2D eigenvalue weighted by atomic mass is 10.1. The molecule has 1 saturated heterocycles. The van der Waals surface area contributed by atoms with E-state index in [1.807, 2.05) is 62.9 Å². The SMILES string of the molecule is CC#CCn1c(N2CCCC(NC(=O)OC(C)(C)C)C2)nc2c(=O)n(C)n(Cc3nc(C)cc4ccccc34)c(=O)c21. The molecule has 42 heavy (non-hydrogen) atoms. The van der Waals surface area contributed by atoms with Crippen LogP contribution >= 0.6 is 0 Å². The van der Waals surface area contributed by atoms with Crippen molar-refractivity contribution in [3.8, 4) is 11.8 Å². The van der Waals surface area contributed by atoms with Crippen LogP contribution in [0.15, 0.2) is 39.9 Å². The first kappa shape index (κ1) is 28.9. The van der Waals surface area contributed by atoms with Crippen molar-refractivity contribution in [1.82, 2.24) is 29.2 Å². The Morgan fingerprint density at radius 3 is 2.67 bits per heavy atom. The number of carbonyl (C=O) groups is 1. The van der Waals surface area contributed by atoms with Crippen LogP contribution in [0, 0.1) is 18.8 Å². The molecule has 4 aromatic rings. The molecule has 1 N–H and O–H groups in total. The number of piperidine rings is 1. The van der Waals surface area contributed by atoms with Crippen molar-refractivity contribution in [1.29, 1.82) is 0 Å². The molecular formula is C31H37N7O4. The largest absolute Gasteiger partial charge is 0.444 e. The second-order valence-electron chi connectivity index (χ2n) is 11.7. The molecule has 3 aromatic heterocycles. The van der Waals surface area contributed by atoms with Crippen LogP contribution in [0.25, 0.3) is 21.8 Å². The van der Waals surface area contributed by atoms with Gasteiger partial charge in [-0.05, 0) is 58.9 Å². The number of fused-ring (bicyclic) bond motifs is 2. The zero-order chi connectivity index (χ0) is 30.2. The van der Waals surface area contributed by atoms with Gasteiger partial charge in [0.2, 0.25) is 5.95 Å². The average Bonchev–Trinajstić information content (AvgIpc) is 3.31. The number of aromatic nitrogens is 5. The van der Waals surface area contributed by atoms with Crippen LogP contribution in [0.4, 0.5) is 10.7 Å². The first-order chi connectivity index (χ1) is 20.0. The van der Waals surface area contributed by atoms with Crippen LogP contribution in [0.3, 0.4) is 0 Å². The number of nitrogens with zero attached hydrogens (tertiary/aromatic N) is 6. The maximum Gasteiger partial charge on any atom is 0.407 e. The lowest BCUT2D eigenvalue weighted by Gasteiger charge is -2.34. The van der Waals surface area contributed by atoms with Crippen LogP contribution in [-0.2, 0) is 24.9 Å². The van der Waals surface area contributed by atoms with Crippen molar-refractivity contribution in [2.24, 2.45) is 7.05 Å². The molecule has 1 aliphatic heterocycles. The predicted octanol–water partition coefficient (Wildman–Crippen LogP) is 3.32. The fraction of sp³-hybridized carbons (Fsp3) is 0.452. The molecular weight excluding hydrogens is 534 g/mol. The molecule has 11 nitrogen and oxygen atoms in total. The van der Waals surface area contributed by atoms with E-state index in [9.17, 15) is 14.4 Å². The molecule has 0 radical (unpaired) electrons. The van der Waals surface area contributed by atoms with Gasteiger partial charge in [0, 0.05) is 37.3 Å². The Balaban J connectivity index is 1.58. The van der Waals surface area contributed by atoms with E-state index in [0.717, 1.165) is 29.3 Å². The summed E-state index contributed by atoms with van der Waals surface area (Å²) in [5.41, 5.74) is 0.488. The summed E-state index contributed by atoms with van der Waals surface area (Å²) in [5, 5.41) is 4.89. The first-order valence-corrected chi connectivity index (χ1v) is 14.2. The van der Waals surface area contributed by atoms with Crippen molar-refractivity contribution >= 4 is 33.8 Å². The number of imidazole rings is 1. The fourth-order valence-electron chi connectivity index (χ4n) is 5.48. The molecule has 1 aromatic carbocycles. The van der Waals surface area contributed by atoms with Gasteiger partial charge >= 0.3 is 6.09 Å². The van der Waals surface area contributed by atoms with Crippen molar-refractivity contribution < 1.29 is 9.53 Å². The molecule has 1 unspecified atom stereocenters. The van der Waals surface area contributed by atoms with E-state index >= 15 is 0 Å². The van der Waals surface area contributed by atoms with Gasteiger partial charge in [0.25, 0.3) is 11.1 Å². The molecule has 0 aliphatic carbocycles. The number of hydrogen-bond acceptors (Lipinski definition) is 7. The van der Waals surface area contributed by atoms with Crippen LogP contribution < -0.4 is 21.3 Å². The van der Waals surface area contributed by atoms with Crippen molar-refractivity contribution in [3.63, 3.8) is 0 Å². The summed E-state index contributed by atoms with van der Waals surface area (Å²) in [4.78, 5) is 51.7. The number of pyridine rings is 1. The summed E-state index contributed by atoms with van der Waals surface area (Å²) in [7, 11) is 1.58. The lowest BCUT2D eigenvalue weighted by molar-refractivity contribution is 0.0499. The Hall–Kier alpha value is -4.59. The number of alkyl carbamates (subject to hydrolysis) is 1. The number of ether oxygens (including phenoxy) is 1. The average molecular weight is 572 g/mol. The van der Waals surface area contributed by atoms with Crippen LogP contribution in [-0.4, -0.2) is 54.7 Å². The highest BCUT2D eigenvalue weighted by atomic mass is 16.6. The smallest absolute Gasteiger partial charge is 0.407 e. The third-order valence-corrected chi connectivity index (χ3v) is 7.33. The Morgan fingerprint density at radius 2 is 1.93 bits per heavy atom. The van der Waals surface area contributed by atoms with Gasteiger partial charge in [-0.2, -0.15) is 0 Å². The van der Waals surface area contributed by atoms with E-state index in [-0.39, 0.29) is 41.3 Å². The second kappa shape index (κ2) is 11.4. The lowest BCUT2D eigenvalue weighted by Crippen LogP contribution is -2.49. The molecule has 1 aliphatic rings. The molecule has 0 spiro atoms. The molecule has 0 saturated carbocycles. The minimum Gasteiger partial charge on any atom is -0.444 e. The Bertz CT molecular complexity index is 1850. The van der Waals surface area contributed by atoms with E-state index in [1.165, 1.54) is 9.36 Å². The number of carbonyl (C=O) groups excluding carboxylic acids is 1. The third-order valence-electron chi connectivity index (χ3n) is 7.33. The van der Waals surface area contributed by atoms with Crippen molar-refractivity contribution in [3.05, 3.63) is 62.4 Å². The third kappa shape index (κ3) is 5.75. The number of rotatable bonds is 5. The number of nitrogens with one attached hydrogen (secondary N) is 1. The molecule has 220 valence electrons. The molecule has 5 rings (SSSR count). The van der Waals surface area contributed by atoms with E-state index in [4.69, 9.17) is 14.7 Å². The van der Waals surface area contributed by atoms with Crippen LogP contribution in [0.2, 0.25) is 0 Å². The van der Waals surface area contributed by atoms with Gasteiger partial charge in [0.15, 0.2) is 5.52 Å². The quantitative estimate of drug-likeness (QED) is 0.366. The highest BCUT2D eigenvalue weighted by Crippen LogP contribution is 2.24. The van der Waals surface area contributed by atoms with Gasteiger partial charge < -0.3 is 15.0 Å². The van der Waals surface area contributed by atoms with Gasteiger partial charge in [-0.3, -0.25) is 19.1 Å². The van der Waals surface area contributed by atoms with Gasteiger partial charge in [0.1, 0.15) is 11.1 Å². The fourth-order valence-corrected chi connectivity index (χ4v) is 5.48. The van der Waals surface area contributed by atoms with Crippen molar-refractivity contribution in [2.75, 3.05) is 18.0 Å². The summed E-state index contributed by atoms with van der Waals surface area (Å²) in [5.74, 6) is 6.41. The number of hydrogen-bond donors (Lipinski definition) is 1. The highest BCUT2D eigenvalue weighted by molar-refractivity contribution is 5.85. The topological polar surface area (TPSA) is 116 Å². The highest BCUT2D eigenvalue weighted by Gasteiger charge is 2.29. The van der Waals surface area contributed by atoms with E-state index in [2.05, 4.69) is 17.2 Å².